The zero-order chi connectivity index (χ0) is 23.4. The molecule has 4 rings (SSSR count). The first kappa shape index (κ1) is 23.7. The van der Waals surface area contributed by atoms with E-state index in [1.807, 2.05) is 37.3 Å². The SMILES string of the molecule is C[C@H](CNC(=O)CN1C(=O)CSc2ccc(S(=O)(=O)N3CCOCC3)cc21)c1ccccc1. The number of amides is 2. The first-order chi connectivity index (χ1) is 15.9. The molecule has 0 bridgehead atoms. The molecule has 2 aromatic rings. The number of hydrogen-bond acceptors (Lipinski definition) is 6. The van der Waals surface area contributed by atoms with Crippen LogP contribution in [0.4, 0.5) is 5.69 Å². The predicted molar refractivity (Wildman–Crippen MR) is 127 cm³/mol. The molecule has 2 aromatic carbocycles. The first-order valence-corrected chi connectivity index (χ1v) is 13.3. The minimum atomic E-state index is -3.71. The number of carbonyl (C=O) groups excluding carboxylic acids is 2. The number of carbonyl (C=O) groups is 2. The van der Waals surface area contributed by atoms with E-state index in [0.29, 0.717) is 38.5 Å². The second-order valence-electron chi connectivity index (χ2n) is 8.03. The van der Waals surface area contributed by atoms with Crippen molar-refractivity contribution in [3.05, 3.63) is 54.1 Å². The van der Waals surface area contributed by atoms with Crippen LogP contribution >= 0.6 is 11.8 Å². The highest BCUT2D eigenvalue weighted by atomic mass is 32.2. The molecule has 2 aliphatic heterocycles. The van der Waals surface area contributed by atoms with Gasteiger partial charge >= 0.3 is 0 Å². The van der Waals surface area contributed by atoms with Gasteiger partial charge in [0.05, 0.1) is 29.5 Å². The van der Waals surface area contributed by atoms with E-state index in [4.69, 9.17) is 4.74 Å². The molecule has 10 heteroatoms. The summed E-state index contributed by atoms with van der Waals surface area (Å²) >= 11 is 1.35. The number of ether oxygens (including phenoxy) is 1. The highest BCUT2D eigenvalue weighted by Gasteiger charge is 2.31. The Morgan fingerprint density at radius 2 is 1.88 bits per heavy atom. The van der Waals surface area contributed by atoms with E-state index in [1.54, 1.807) is 12.1 Å². The van der Waals surface area contributed by atoms with Crippen LogP contribution in [0.2, 0.25) is 0 Å². The van der Waals surface area contributed by atoms with Crippen LogP contribution in [0.15, 0.2) is 58.3 Å². The van der Waals surface area contributed by atoms with Crippen molar-refractivity contribution in [2.24, 2.45) is 0 Å². The normalized spacial score (nSPS) is 18.0. The van der Waals surface area contributed by atoms with Gasteiger partial charge in [-0.15, -0.1) is 11.8 Å². The van der Waals surface area contributed by atoms with Gasteiger partial charge in [0.25, 0.3) is 0 Å². The zero-order valence-electron chi connectivity index (χ0n) is 18.4. The quantitative estimate of drug-likeness (QED) is 0.640. The lowest BCUT2D eigenvalue weighted by molar-refractivity contribution is -0.123. The van der Waals surface area contributed by atoms with Crippen molar-refractivity contribution in [1.82, 2.24) is 9.62 Å². The van der Waals surface area contributed by atoms with Crippen LogP contribution < -0.4 is 10.2 Å². The molecular weight excluding hydrogens is 462 g/mol. The Balaban J connectivity index is 1.49. The Labute approximate surface area is 198 Å². The molecule has 176 valence electrons. The van der Waals surface area contributed by atoms with Crippen molar-refractivity contribution >= 4 is 39.3 Å². The summed E-state index contributed by atoms with van der Waals surface area (Å²) in [7, 11) is -3.71. The smallest absolute Gasteiger partial charge is 0.243 e. The number of fused-ring (bicyclic) bond motifs is 1. The molecule has 0 aromatic heterocycles. The summed E-state index contributed by atoms with van der Waals surface area (Å²) in [5.74, 6) is -0.179. The minimum Gasteiger partial charge on any atom is -0.379 e. The Morgan fingerprint density at radius 1 is 1.15 bits per heavy atom. The maximum atomic E-state index is 13.1. The van der Waals surface area contributed by atoms with Crippen molar-refractivity contribution in [2.45, 2.75) is 22.6 Å². The maximum Gasteiger partial charge on any atom is 0.243 e. The number of nitrogens with zero attached hydrogens (tertiary/aromatic N) is 2. The van der Waals surface area contributed by atoms with Crippen molar-refractivity contribution in [2.75, 3.05) is 50.0 Å². The predicted octanol–water partition coefficient (Wildman–Crippen LogP) is 2.07. The van der Waals surface area contributed by atoms with Crippen LogP contribution in [-0.4, -0.2) is 69.7 Å². The van der Waals surface area contributed by atoms with E-state index in [0.717, 1.165) is 10.5 Å². The Bertz CT molecular complexity index is 1120. The maximum absolute atomic E-state index is 13.1. The lowest BCUT2D eigenvalue weighted by Gasteiger charge is -2.30. The molecule has 2 heterocycles. The number of thioether (sulfide) groups is 1. The van der Waals surface area contributed by atoms with Crippen molar-refractivity contribution in [3.63, 3.8) is 0 Å². The fraction of sp³-hybridized carbons (Fsp3) is 0.391. The highest BCUT2D eigenvalue weighted by molar-refractivity contribution is 8.00. The molecule has 2 aliphatic rings. The number of hydrogen-bond donors (Lipinski definition) is 1. The average Bonchev–Trinajstić information content (AvgIpc) is 2.85. The molecule has 1 saturated heterocycles. The van der Waals surface area contributed by atoms with Gasteiger partial charge in [-0.3, -0.25) is 9.59 Å². The van der Waals surface area contributed by atoms with Gasteiger partial charge in [-0.2, -0.15) is 4.31 Å². The van der Waals surface area contributed by atoms with E-state index in [1.165, 1.54) is 27.0 Å². The topological polar surface area (TPSA) is 96.0 Å². The van der Waals surface area contributed by atoms with Crippen molar-refractivity contribution in [1.29, 1.82) is 0 Å². The van der Waals surface area contributed by atoms with Crippen LogP contribution in [0.3, 0.4) is 0 Å². The summed E-state index contributed by atoms with van der Waals surface area (Å²) in [6.07, 6.45) is 0. The van der Waals surface area contributed by atoms with Gasteiger partial charge < -0.3 is 15.0 Å². The molecule has 1 atom stereocenters. The Hall–Kier alpha value is -2.40. The molecule has 33 heavy (non-hydrogen) atoms. The van der Waals surface area contributed by atoms with Gasteiger partial charge in [-0.1, -0.05) is 37.3 Å². The first-order valence-electron chi connectivity index (χ1n) is 10.8. The summed E-state index contributed by atoms with van der Waals surface area (Å²) in [5.41, 5.74) is 1.57. The van der Waals surface area contributed by atoms with E-state index >= 15 is 0 Å². The molecule has 2 amide bonds. The van der Waals surface area contributed by atoms with Gasteiger partial charge in [-0.05, 0) is 29.7 Å². The minimum absolute atomic E-state index is 0.113. The zero-order valence-corrected chi connectivity index (χ0v) is 20.0. The fourth-order valence-electron chi connectivity index (χ4n) is 3.82. The van der Waals surface area contributed by atoms with E-state index < -0.39 is 10.0 Å². The molecule has 1 N–H and O–H groups in total. The summed E-state index contributed by atoms with van der Waals surface area (Å²) in [5, 5.41) is 2.90. The molecule has 0 aliphatic carbocycles. The Kier molecular flexibility index (Phi) is 7.38. The molecule has 0 saturated carbocycles. The number of morpholine rings is 1. The molecule has 8 nitrogen and oxygen atoms in total. The highest BCUT2D eigenvalue weighted by Crippen LogP contribution is 2.37. The fourth-order valence-corrected chi connectivity index (χ4v) is 6.16. The monoisotopic (exact) mass is 489 g/mol. The largest absolute Gasteiger partial charge is 0.379 e. The summed E-state index contributed by atoms with van der Waals surface area (Å²) < 4.78 is 32.8. The average molecular weight is 490 g/mol. The number of anilines is 1. The van der Waals surface area contributed by atoms with E-state index in [9.17, 15) is 18.0 Å². The summed E-state index contributed by atoms with van der Waals surface area (Å²) in [4.78, 5) is 27.6. The molecule has 0 unspecified atom stereocenters. The summed E-state index contributed by atoms with van der Waals surface area (Å²) in [6.45, 7) is 3.60. The third-order valence-corrected chi connectivity index (χ3v) is 8.70. The Morgan fingerprint density at radius 3 is 2.61 bits per heavy atom. The number of sulfonamides is 1. The second kappa shape index (κ2) is 10.3. The van der Waals surface area contributed by atoms with Crippen LogP contribution in [0.25, 0.3) is 0 Å². The lowest BCUT2D eigenvalue weighted by atomic mass is 10.0. The molecular formula is C23H27N3O5S2. The second-order valence-corrected chi connectivity index (χ2v) is 11.0. The lowest BCUT2D eigenvalue weighted by Crippen LogP contribution is -2.44. The molecule has 0 spiro atoms. The van der Waals surface area contributed by atoms with E-state index in [2.05, 4.69) is 5.32 Å². The van der Waals surface area contributed by atoms with Gasteiger partial charge in [0.2, 0.25) is 21.8 Å². The number of benzene rings is 2. The number of rotatable bonds is 7. The van der Waals surface area contributed by atoms with Crippen molar-refractivity contribution < 1.29 is 22.7 Å². The standard InChI is InChI=1S/C23H27N3O5S2/c1-17(18-5-3-2-4-6-18)14-24-22(27)15-26-20-13-19(7-8-21(20)32-16-23(26)28)33(29,30)25-9-11-31-12-10-25/h2-8,13,17H,9-12,14-16H2,1H3,(H,24,27)/t17-/m1/s1. The summed E-state index contributed by atoms with van der Waals surface area (Å²) in [6, 6.07) is 14.6. The van der Waals surface area contributed by atoms with Crippen LogP contribution in [0, 0.1) is 0 Å². The molecule has 0 radical (unpaired) electrons. The number of nitrogens with one attached hydrogen (secondary N) is 1. The van der Waals surface area contributed by atoms with Gasteiger partial charge in [-0.25, -0.2) is 8.42 Å². The van der Waals surface area contributed by atoms with Crippen molar-refractivity contribution in [3.8, 4) is 0 Å². The third-order valence-electron chi connectivity index (χ3n) is 5.76. The molecule has 1 fully saturated rings. The third kappa shape index (κ3) is 5.40. The van der Waals surface area contributed by atoms with Gasteiger partial charge in [0, 0.05) is 24.5 Å². The van der Waals surface area contributed by atoms with Gasteiger partial charge in [0.15, 0.2) is 0 Å². The van der Waals surface area contributed by atoms with Crippen LogP contribution in [0.1, 0.15) is 18.4 Å². The van der Waals surface area contributed by atoms with Crippen LogP contribution in [-0.2, 0) is 24.3 Å². The van der Waals surface area contributed by atoms with E-state index in [-0.39, 0.29) is 34.9 Å². The van der Waals surface area contributed by atoms with Crippen LogP contribution in [0.5, 0.6) is 0 Å². The van der Waals surface area contributed by atoms with Gasteiger partial charge in [0.1, 0.15) is 6.54 Å².